The summed E-state index contributed by atoms with van der Waals surface area (Å²) < 4.78 is 0. The molecule has 3 heteroatoms. The predicted octanol–water partition coefficient (Wildman–Crippen LogP) is 0.581. The van der Waals surface area contributed by atoms with Gasteiger partial charge in [-0.15, -0.1) is 0 Å². The van der Waals surface area contributed by atoms with Gasteiger partial charge in [0.05, 0.1) is 6.07 Å². The van der Waals surface area contributed by atoms with Crippen molar-refractivity contribution in [2.24, 2.45) is 0 Å². The van der Waals surface area contributed by atoms with E-state index in [-0.39, 0.29) is 5.75 Å². The molecule has 0 aliphatic rings. The van der Waals surface area contributed by atoms with Crippen LogP contribution in [0, 0.1) is 11.3 Å². The second-order valence-electron chi connectivity index (χ2n) is 1.66. The van der Waals surface area contributed by atoms with E-state index in [4.69, 9.17) is 10.4 Å². The highest BCUT2D eigenvalue weighted by molar-refractivity contribution is 7.80. The molecule has 0 aliphatic heterocycles. The maximum atomic E-state index is 9.00. The summed E-state index contributed by atoms with van der Waals surface area (Å²) in [5.74, 6) is 0.208. The molecule has 46 valence electrons. The van der Waals surface area contributed by atoms with Crippen LogP contribution >= 0.6 is 12.6 Å². The Bertz CT molecular complexity index is 103. The number of rotatable bonds is 2. The molecule has 0 radical (unpaired) electrons. The molecule has 0 spiro atoms. The van der Waals surface area contributed by atoms with Crippen LogP contribution in [0.3, 0.4) is 0 Å². The molecule has 1 N–H and O–H groups in total. The molecule has 0 amide bonds. The van der Waals surface area contributed by atoms with Crippen molar-refractivity contribution >= 4 is 12.6 Å². The predicted molar refractivity (Wildman–Crippen MR) is 34.7 cm³/mol. The summed E-state index contributed by atoms with van der Waals surface area (Å²) in [7, 11) is 0. The van der Waals surface area contributed by atoms with Crippen LogP contribution in [-0.2, 0) is 0 Å². The van der Waals surface area contributed by atoms with Gasteiger partial charge in [0.2, 0.25) is 0 Å². The quantitative estimate of drug-likeness (QED) is 0.425. The fraction of sp³-hybridized carbons (Fsp3) is 0.800. The summed E-state index contributed by atoms with van der Waals surface area (Å²) in [5, 5.41) is 17.2. The first kappa shape index (κ1) is 7.80. The van der Waals surface area contributed by atoms with Gasteiger partial charge in [-0.3, -0.25) is 0 Å². The number of nitrogens with zero attached hydrogens (tertiary/aromatic N) is 1. The van der Waals surface area contributed by atoms with Crippen molar-refractivity contribution in [2.45, 2.75) is 18.9 Å². The highest BCUT2D eigenvalue weighted by Gasteiger charge is 2.20. The largest absolute Gasteiger partial charge is 0.375 e. The summed E-state index contributed by atoms with van der Waals surface area (Å²) >= 11 is 3.79. The van der Waals surface area contributed by atoms with Crippen LogP contribution in [0.25, 0.3) is 0 Å². The zero-order chi connectivity index (χ0) is 6.62. The van der Waals surface area contributed by atoms with E-state index < -0.39 is 5.60 Å². The second kappa shape index (κ2) is 2.95. The molecule has 0 aromatic carbocycles. The van der Waals surface area contributed by atoms with Crippen molar-refractivity contribution < 1.29 is 5.11 Å². The van der Waals surface area contributed by atoms with Gasteiger partial charge in [0.1, 0.15) is 0 Å². The lowest BCUT2D eigenvalue weighted by atomic mass is 10.1. The third-order valence-electron chi connectivity index (χ3n) is 1.05. The Labute approximate surface area is 54.5 Å². The van der Waals surface area contributed by atoms with E-state index in [1.165, 1.54) is 0 Å². The fourth-order valence-electron chi connectivity index (χ4n) is 0.226. The van der Waals surface area contributed by atoms with E-state index in [1.807, 2.05) is 0 Å². The first-order valence-electron chi connectivity index (χ1n) is 2.43. The third-order valence-corrected chi connectivity index (χ3v) is 1.58. The smallest absolute Gasteiger partial charge is 0.159 e. The van der Waals surface area contributed by atoms with Gasteiger partial charge in [0, 0.05) is 5.75 Å². The number of thiol groups is 1. The van der Waals surface area contributed by atoms with Gasteiger partial charge >= 0.3 is 0 Å². The lowest BCUT2D eigenvalue weighted by molar-refractivity contribution is 0.121. The van der Waals surface area contributed by atoms with Crippen LogP contribution in [0.5, 0.6) is 0 Å². The van der Waals surface area contributed by atoms with E-state index in [9.17, 15) is 0 Å². The van der Waals surface area contributed by atoms with E-state index >= 15 is 0 Å². The summed E-state index contributed by atoms with van der Waals surface area (Å²) in [4.78, 5) is 0. The molecule has 0 bridgehead atoms. The first-order valence-corrected chi connectivity index (χ1v) is 3.06. The Morgan fingerprint density at radius 1 is 1.88 bits per heavy atom. The average Bonchev–Trinajstić information content (AvgIpc) is 1.87. The molecule has 0 saturated carbocycles. The van der Waals surface area contributed by atoms with E-state index in [2.05, 4.69) is 12.6 Å². The van der Waals surface area contributed by atoms with Gasteiger partial charge in [-0.1, -0.05) is 6.92 Å². The summed E-state index contributed by atoms with van der Waals surface area (Å²) in [6.07, 6.45) is 0.438. The topological polar surface area (TPSA) is 44.0 Å². The minimum atomic E-state index is -1.21. The third kappa shape index (κ3) is 1.73. The molecule has 0 aromatic heterocycles. The molecule has 0 fully saturated rings. The van der Waals surface area contributed by atoms with Crippen LogP contribution in [0.15, 0.2) is 0 Å². The van der Waals surface area contributed by atoms with E-state index in [1.54, 1.807) is 13.0 Å². The molecule has 1 unspecified atom stereocenters. The minimum absolute atomic E-state index is 0.208. The van der Waals surface area contributed by atoms with Gasteiger partial charge in [0.25, 0.3) is 0 Å². The van der Waals surface area contributed by atoms with Crippen LogP contribution < -0.4 is 0 Å². The maximum Gasteiger partial charge on any atom is 0.159 e. The molecular weight excluding hydrogens is 122 g/mol. The van der Waals surface area contributed by atoms with Crippen molar-refractivity contribution in [2.75, 3.05) is 5.75 Å². The number of hydrogen-bond donors (Lipinski definition) is 2. The number of hydrogen-bond acceptors (Lipinski definition) is 3. The highest BCUT2D eigenvalue weighted by atomic mass is 32.1. The highest BCUT2D eigenvalue weighted by Crippen LogP contribution is 2.08. The zero-order valence-electron chi connectivity index (χ0n) is 4.76. The van der Waals surface area contributed by atoms with Gasteiger partial charge in [-0.25, -0.2) is 0 Å². The monoisotopic (exact) mass is 131 g/mol. The standard InChI is InChI=1S/C5H9NOS/c1-2-5(7,3-6)4-8/h7-8H,2,4H2,1H3. The molecule has 2 nitrogen and oxygen atoms in total. The Kier molecular flexibility index (Phi) is 2.88. The molecule has 0 rings (SSSR count). The molecule has 0 heterocycles. The maximum absolute atomic E-state index is 9.00. The molecule has 0 aromatic rings. The first-order chi connectivity index (χ1) is 3.68. The Morgan fingerprint density at radius 3 is 2.38 bits per heavy atom. The van der Waals surface area contributed by atoms with Crippen molar-refractivity contribution in [3.63, 3.8) is 0 Å². The molecule has 8 heavy (non-hydrogen) atoms. The average molecular weight is 131 g/mol. The van der Waals surface area contributed by atoms with Crippen LogP contribution in [0.1, 0.15) is 13.3 Å². The molecule has 0 aliphatic carbocycles. The normalized spacial score (nSPS) is 16.8. The Balaban J connectivity index is 3.83. The number of aliphatic hydroxyl groups is 1. The lowest BCUT2D eigenvalue weighted by Crippen LogP contribution is -2.26. The van der Waals surface area contributed by atoms with Crippen molar-refractivity contribution in [3.05, 3.63) is 0 Å². The van der Waals surface area contributed by atoms with Crippen LogP contribution in [0.2, 0.25) is 0 Å². The zero-order valence-corrected chi connectivity index (χ0v) is 5.65. The lowest BCUT2D eigenvalue weighted by Gasteiger charge is -2.12. The molecule has 1 atom stereocenters. The van der Waals surface area contributed by atoms with Gasteiger partial charge < -0.3 is 5.11 Å². The van der Waals surface area contributed by atoms with Crippen molar-refractivity contribution in [1.29, 1.82) is 5.26 Å². The van der Waals surface area contributed by atoms with Crippen LogP contribution in [0.4, 0.5) is 0 Å². The Hall–Kier alpha value is -0.200. The van der Waals surface area contributed by atoms with E-state index in [0.717, 1.165) is 0 Å². The summed E-state index contributed by atoms with van der Waals surface area (Å²) in [6, 6.07) is 1.76. The number of nitriles is 1. The molecular formula is C5H9NOS. The van der Waals surface area contributed by atoms with Gasteiger partial charge in [-0.2, -0.15) is 17.9 Å². The SMILES string of the molecule is CCC(O)(C#N)CS. The van der Waals surface area contributed by atoms with Gasteiger partial charge in [-0.05, 0) is 6.42 Å². The van der Waals surface area contributed by atoms with E-state index in [0.29, 0.717) is 6.42 Å². The van der Waals surface area contributed by atoms with Crippen LogP contribution in [-0.4, -0.2) is 16.5 Å². The summed E-state index contributed by atoms with van der Waals surface area (Å²) in [5.41, 5.74) is -1.21. The Morgan fingerprint density at radius 2 is 2.38 bits per heavy atom. The molecule has 0 saturated heterocycles. The summed E-state index contributed by atoms with van der Waals surface area (Å²) in [6.45, 7) is 1.75. The van der Waals surface area contributed by atoms with Crippen molar-refractivity contribution in [3.8, 4) is 6.07 Å². The van der Waals surface area contributed by atoms with Crippen molar-refractivity contribution in [1.82, 2.24) is 0 Å². The van der Waals surface area contributed by atoms with Gasteiger partial charge in [0.15, 0.2) is 5.60 Å². The minimum Gasteiger partial charge on any atom is -0.375 e. The fourth-order valence-corrected chi connectivity index (χ4v) is 0.521. The second-order valence-corrected chi connectivity index (χ2v) is 1.97.